The molecule has 7 heavy (non-hydrogen) atoms. The van der Waals surface area contributed by atoms with Crippen LogP contribution in [0.3, 0.4) is 0 Å². The maximum atomic E-state index is 10.9. The van der Waals surface area contributed by atoms with Crippen molar-refractivity contribution in [1.82, 2.24) is 0 Å². The first kappa shape index (κ1) is 10.4. The first-order valence-corrected chi connectivity index (χ1v) is 2.37. The van der Waals surface area contributed by atoms with Crippen LogP contribution in [0.5, 0.6) is 0 Å². The van der Waals surface area contributed by atoms with E-state index in [4.69, 9.17) is 8.42 Å². The molecular formula is CH3FLiO3S. The van der Waals surface area contributed by atoms with Crippen LogP contribution in [0.1, 0.15) is 0 Å². The third-order valence-electron chi connectivity index (χ3n) is 0.199. The first-order chi connectivity index (χ1) is 2.56. The van der Waals surface area contributed by atoms with Gasteiger partial charge in [0.15, 0.2) is 0 Å². The summed E-state index contributed by atoms with van der Waals surface area (Å²) in [5, 5.41) is 0. The van der Waals surface area contributed by atoms with E-state index in [1.807, 2.05) is 0 Å². The summed E-state index contributed by atoms with van der Waals surface area (Å²) < 4.78 is 32.3. The van der Waals surface area contributed by atoms with Gasteiger partial charge in [0, 0.05) is 18.9 Å². The van der Waals surface area contributed by atoms with Crippen LogP contribution in [0.2, 0.25) is 0 Å². The zero-order valence-corrected chi connectivity index (χ0v) is 4.83. The first-order valence-electron chi connectivity index (χ1n) is 1.06. The van der Waals surface area contributed by atoms with E-state index in [-0.39, 0.29) is 18.9 Å². The van der Waals surface area contributed by atoms with Gasteiger partial charge in [0.1, 0.15) is 0 Å². The van der Waals surface area contributed by atoms with Gasteiger partial charge in [-0.3, -0.25) is 0 Å². The van der Waals surface area contributed by atoms with Crippen LogP contribution in [0.15, 0.2) is 0 Å². The molecule has 0 fully saturated rings. The summed E-state index contributed by atoms with van der Waals surface area (Å²) in [6.45, 7) is 0. The molecule has 0 aliphatic carbocycles. The van der Waals surface area contributed by atoms with Crippen molar-refractivity contribution in [3.63, 3.8) is 0 Å². The van der Waals surface area contributed by atoms with Crippen molar-refractivity contribution in [2.75, 3.05) is 7.11 Å². The Morgan fingerprint density at radius 2 is 1.71 bits per heavy atom. The van der Waals surface area contributed by atoms with E-state index >= 15 is 0 Å². The summed E-state index contributed by atoms with van der Waals surface area (Å²) in [5.74, 6) is 0. The van der Waals surface area contributed by atoms with Gasteiger partial charge >= 0.3 is 10.5 Å². The average molecular weight is 121 g/mol. The molecule has 0 aromatic rings. The topological polar surface area (TPSA) is 43.4 Å². The van der Waals surface area contributed by atoms with Crippen molar-refractivity contribution in [3.05, 3.63) is 0 Å². The molecule has 6 heteroatoms. The van der Waals surface area contributed by atoms with Crippen LogP contribution in [0.4, 0.5) is 3.89 Å². The zero-order valence-electron chi connectivity index (χ0n) is 4.01. The second-order valence-corrected chi connectivity index (χ2v) is 1.68. The van der Waals surface area contributed by atoms with Crippen LogP contribution < -0.4 is 0 Å². The maximum absolute atomic E-state index is 10.9. The van der Waals surface area contributed by atoms with E-state index in [1.165, 1.54) is 0 Å². The monoisotopic (exact) mass is 121 g/mol. The van der Waals surface area contributed by atoms with Gasteiger partial charge in [0.2, 0.25) is 0 Å². The molecule has 0 aromatic carbocycles. The number of hydrogen-bond acceptors (Lipinski definition) is 3. The SMILES string of the molecule is COS(=O)(=O)F.[Li]. The molecule has 0 aromatic heterocycles. The molecule has 0 N–H and O–H groups in total. The summed E-state index contributed by atoms with van der Waals surface area (Å²) in [6.07, 6.45) is 0. The molecule has 0 saturated heterocycles. The van der Waals surface area contributed by atoms with Gasteiger partial charge in [-0.2, -0.15) is 8.42 Å². The molecule has 0 rings (SSSR count). The predicted molar refractivity (Wildman–Crippen MR) is 22.8 cm³/mol. The van der Waals surface area contributed by atoms with Crippen molar-refractivity contribution in [2.45, 2.75) is 0 Å². The molecule has 0 aliphatic heterocycles. The zero-order chi connectivity index (χ0) is 5.21. The smallest absolute Gasteiger partial charge is 0.248 e. The van der Waals surface area contributed by atoms with Crippen LogP contribution in [-0.4, -0.2) is 34.4 Å². The Balaban J connectivity index is 0. The van der Waals surface area contributed by atoms with E-state index in [2.05, 4.69) is 4.18 Å². The fourth-order valence-corrected chi connectivity index (χ4v) is 0. The Kier molecular flexibility index (Phi) is 5.12. The van der Waals surface area contributed by atoms with E-state index in [0.717, 1.165) is 7.11 Å². The van der Waals surface area contributed by atoms with Crippen LogP contribution in [0, 0.1) is 0 Å². The standard InChI is InChI=1S/CH3FO3S.Li/c1-5-6(2,3)4;/h1H3;. The number of hydrogen-bond donors (Lipinski definition) is 0. The van der Waals surface area contributed by atoms with Crippen LogP contribution in [-0.2, 0) is 14.7 Å². The molecule has 0 amide bonds. The molecule has 1 radical (unpaired) electrons. The normalized spacial score (nSPS) is 10.0. The summed E-state index contributed by atoms with van der Waals surface area (Å²) in [7, 11) is -3.92. The Bertz CT molecular complexity index is 117. The molecule has 0 heterocycles. The van der Waals surface area contributed by atoms with E-state index < -0.39 is 10.5 Å². The van der Waals surface area contributed by atoms with Crippen molar-refractivity contribution in [3.8, 4) is 0 Å². The second-order valence-electron chi connectivity index (χ2n) is 0.560. The fourth-order valence-electron chi connectivity index (χ4n) is 0. The Morgan fingerprint density at radius 3 is 1.71 bits per heavy atom. The minimum Gasteiger partial charge on any atom is -0.248 e. The van der Waals surface area contributed by atoms with Gasteiger partial charge in [0.25, 0.3) is 0 Å². The van der Waals surface area contributed by atoms with Gasteiger partial charge in [0.05, 0.1) is 7.11 Å². The summed E-state index contributed by atoms with van der Waals surface area (Å²) in [4.78, 5) is 0. The Labute approximate surface area is 53.4 Å². The van der Waals surface area contributed by atoms with Crippen molar-refractivity contribution in [2.24, 2.45) is 0 Å². The van der Waals surface area contributed by atoms with E-state index in [1.54, 1.807) is 0 Å². The van der Waals surface area contributed by atoms with Gasteiger partial charge < -0.3 is 0 Å². The van der Waals surface area contributed by atoms with Crippen molar-refractivity contribution >= 4 is 29.4 Å². The fraction of sp³-hybridized carbons (Fsp3) is 1.00. The summed E-state index contributed by atoms with van der Waals surface area (Å²) >= 11 is 0. The van der Waals surface area contributed by atoms with E-state index in [9.17, 15) is 3.89 Å². The largest absolute Gasteiger partial charge is 0.437 e. The molecule has 0 spiro atoms. The van der Waals surface area contributed by atoms with Gasteiger partial charge in [-0.25, -0.2) is 4.18 Å². The quantitative estimate of drug-likeness (QED) is 0.346. The third-order valence-corrected chi connectivity index (χ3v) is 0.597. The van der Waals surface area contributed by atoms with Gasteiger partial charge in [-0.05, 0) is 0 Å². The molecule has 0 bridgehead atoms. The molecule has 0 unspecified atom stereocenters. The number of rotatable bonds is 1. The minimum absolute atomic E-state index is 0. The van der Waals surface area contributed by atoms with E-state index in [0.29, 0.717) is 0 Å². The molecule has 0 atom stereocenters. The van der Waals surface area contributed by atoms with Crippen molar-refractivity contribution < 1.29 is 16.5 Å². The minimum atomic E-state index is -4.66. The van der Waals surface area contributed by atoms with Gasteiger partial charge in [-0.1, -0.05) is 3.89 Å². The van der Waals surface area contributed by atoms with Gasteiger partial charge in [-0.15, -0.1) is 0 Å². The molecule has 0 aliphatic rings. The second kappa shape index (κ2) is 3.44. The van der Waals surface area contributed by atoms with Crippen LogP contribution >= 0.6 is 0 Å². The average Bonchev–Trinajstić information content (AvgIpc) is 1.35. The predicted octanol–water partition coefficient (Wildman–Crippen LogP) is -0.534. The molecule has 0 saturated carbocycles. The maximum Gasteiger partial charge on any atom is 0.437 e. The molecule has 3 nitrogen and oxygen atoms in total. The van der Waals surface area contributed by atoms with Crippen LogP contribution in [0.25, 0.3) is 0 Å². The Hall–Kier alpha value is 0.437. The van der Waals surface area contributed by atoms with Crippen molar-refractivity contribution in [1.29, 1.82) is 0 Å². The Morgan fingerprint density at radius 1 is 1.57 bits per heavy atom. The summed E-state index contributed by atoms with van der Waals surface area (Å²) in [5.41, 5.74) is 0. The summed E-state index contributed by atoms with van der Waals surface area (Å²) in [6, 6.07) is 0. The number of halogens is 1. The third kappa shape index (κ3) is 10.7. The molecular weight excluding hydrogens is 118 g/mol. The molecule has 39 valence electrons.